The number of nitriles is 1. The van der Waals surface area contributed by atoms with E-state index in [0.717, 1.165) is 16.3 Å². The molecule has 1 unspecified atom stereocenters. The van der Waals surface area contributed by atoms with Gasteiger partial charge in [0.05, 0.1) is 11.6 Å². The molecule has 4 nitrogen and oxygen atoms in total. The second-order valence-corrected chi connectivity index (χ2v) is 6.14. The number of alkyl halides is 2. The van der Waals surface area contributed by atoms with Crippen LogP contribution in [0.15, 0.2) is 40.9 Å². The van der Waals surface area contributed by atoms with Gasteiger partial charge >= 0.3 is 0 Å². The van der Waals surface area contributed by atoms with E-state index in [-0.39, 0.29) is 18.8 Å². The third-order valence-electron chi connectivity index (χ3n) is 4.43. The Bertz CT molecular complexity index is 958. The molecule has 1 heterocycles. The fraction of sp³-hybridized carbons (Fsp3) is 0.278. The van der Waals surface area contributed by atoms with Gasteiger partial charge in [-0.15, -0.1) is 0 Å². The molecule has 0 saturated heterocycles. The van der Waals surface area contributed by atoms with Crippen LogP contribution in [0.1, 0.15) is 36.6 Å². The van der Waals surface area contributed by atoms with E-state index in [4.69, 9.17) is 9.78 Å². The summed E-state index contributed by atoms with van der Waals surface area (Å²) in [6.45, 7) is 0. The molecule has 3 aromatic rings. The van der Waals surface area contributed by atoms with Crippen molar-refractivity contribution in [2.24, 2.45) is 0 Å². The van der Waals surface area contributed by atoms with Crippen LogP contribution >= 0.6 is 0 Å². The monoisotopic (exact) mass is 325 g/mol. The van der Waals surface area contributed by atoms with E-state index in [1.807, 2.05) is 24.3 Å². The molecule has 0 aliphatic heterocycles. The van der Waals surface area contributed by atoms with Gasteiger partial charge in [-0.2, -0.15) is 10.2 Å². The van der Waals surface area contributed by atoms with E-state index in [2.05, 4.69) is 16.2 Å². The lowest BCUT2D eigenvalue weighted by Gasteiger charge is -2.06. The Morgan fingerprint density at radius 3 is 2.71 bits per heavy atom. The maximum atomic E-state index is 13.3. The predicted molar refractivity (Wildman–Crippen MR) is 83.5 cm³/mol. The normalized spacial score (nSPS) is 19.5. The molecular weight excluding hydrogens is 312 g/mol. The van der Waals surface area contributed by atoms with Crippen molar-refractivity contribution in [3.8, 4) is 17.5 Å². The van der Waals surface area contributed by atoms with Crippen molar-refractivity contribution in [1.29, 1.82) is 5.26 Å². The number of hydrogen-bond donors (Lipinski definition) is 0. The Morgan fingerprint density at radius 1 is 1.17 bits per heavy atom. The molecule has 1 aliphatic carbocycles. The minimum absolute atomic E-state index is 0.126. The van der Waals surface area contributed by atoms with E-state index < -0.39 is 5.92 Å². The van der Waals surface area contributed by atoms with Gasteiger partial charge in [-0.25, -0.2) is 8.78 Å². The highest BCUT2D eigenvalue weighted by Crippen LogP contribution is 2.43. The van der Waals surface area contributed by atoms with Crippen LogP contribution in [0.2, 0.25) is 0 Å². The molecule has 6 heteroatoms. The fourth-order valence-corrected chi connectivity index (χ4v) is 3.14. The number of nitrogens with zero attached hydrogens (tertiary/aromatic N) is 3. The second kappa shape index (κ2) is 5.38. The van der Waals surface area contributed by atoms with Crippen LogP contribution in [-0.2, 0) is 0 Å². The van der Waals surface area contributed by atoms with Gasteiger partial charge in [-0.1, -0.05) is 17.3 Å². The summed E-state index contributed by atoms with van der Waals surface area (Å²) in [6, 6.07) is 13.1. The van der Waals surface area contributed by atoms with Gasteiger partial charge in [0, 0.05) is 24.3 Å². The molecule has 0 spiro atoms. The van der Waals surface area contributed by atoms with Crippen molar-refractivity contribution < 1.29 is 13.3 Å². The lowest BCUT2D eigenvalue weighted by atomic mass is 10.0. The Balaban J connectivity index is 1.65. The van der Waals surface area contributed by atoms with Gasteiger partial charge in [0.15, 0.2) is 5.82 Å². The number of aromatic nitrogens is 2. The van der Waals surface area contributed by atoms with Crippen LogP contribution in [0.5, 0.6) is 0 Å². The molecule has 0 amide bonds. The highest BCUT2D eigenvalue weighted by atomic mass is 19.3. The van der Waals surface area contributed by atoms with Gasteiger partial charge in [-0.05, 0) is 41.5 Å². The molecule has 2 aromatic carbocycles. The van der Waals surface area contributed by atoms with E-state index >= 15 is 0 Å². The Labute approximate surface area is 136 Å². The van der Waals surface area contributed by atoms with Crippen LogP contribution in [0.3, 0.4) is 0 Å². The van der Waals surface area contributed by atoms with E-state index in [9.17, 15) is 8.78 Å². The van der Waals surface area contributed by atoms with Crippen LogP contribution in [0.25, 0.3) is 22.2 Å². The molecule has 1 atom stereocenters. The molecular formula is C18H13F2N3O. The Hall–Kier alpha value is -2.81. The third kappa shape index (κ3) is 2.62. The van der Waals surface area contributed by atoms with Crippen LogP contribution in [0.4, 0.5) is 8.78 Å². The lowest BCUT2D eigenvalue weighted by molar-refractivity contribution is 0.00749. The first-order valence-corrected chi connectivity index (χ1v) is 7.70. The van der Waals surface area contributed by atoms with E-state index in [0.29, 0.717) is 23.7 Å². The molecule has 1 saturated carbocycles. The maximum absolute atomic E-state index is 13.3. The molecule has 120 valence electrons. The average Bonchev–Trinajstić information content (AvgIpc) is 3.20. The molecule has 1 aromatic heterocycles. The second-order valence-electron chi connectivity index (χ2n) is 6.14. The van der Waals surface area contributed by atoms with Crippen molar-refractivity contribution >= 4 is 10.8 Å². The van der Waals surface area contributed by atoms with Crippen molar-refractivity contribution in [3.05, 3.63) is 47.8 Å². The van der Waals surface area contributed by atoms with Gasteiger partial charge in [0.1, 0.15) is 0 Å². The smallest absolute Gasteiger partial charge is 0.257 e. The van der Waals surface area contributed by atoms with Crippen LogP contribution in [-0.4, -0.2) is 16.1 Å². The van der Waals surface area contributed by atoms with Crippen LogP contribution < -0.4 is 0 Å². The summed E-state index contributed by atoms with van der Waals surface area (Å²) in [5, 5.41) is 14.7. The van der Waals surface area contributed by atoms with Gasteiger partial charge in [-0.3, -0.25) is 0 Å². The summed E-state index contributed by atoms with van der Waals surface area (Å²) in [5.74, 6) is -2.31. The third-order valence-corrected chi connectivity index (χ3v) is 4.43. The summed E-state index contributed by atoms with van der Waals surface area (Å²) >= 11 is 0. The molecule has 24 heavy (non-hydrogen) atoms. The summed E-state index contributed by atoms with van der Waals surface area (Å²) in [4.78, 5) is 4.31. The standard InChI is InChI=1S/C18H13F2N3O/c19-18(20)6-5-15(9-18)16-22-17(24-23-16)14-4-3-12-7-11(10-21)1-2-13(12)8-14/h1-4,7-8,15H,5-6,9H2. The van der Waals surface area contributed by atoms with Crippen molar-refractivity contribution in [2.45, 2.75) is 31.1 Å². The number of fused-ring (bicyclic) bond motifs is 1. The Kier molecular flexibility index (Phi) is 3.31. The Morgan fingerprint density at radius 2 is 1.96 bits per heavy atom. The van der Waals surface area contributed by atoms with Gasteiger partial charge in [0.25, 0.3) is 5.89 Å². The zero-order valence-corrected chi connectivity index (χ0v) is 12.7. The maximum Gasteiger partial charge on any atom is 0.257 e. The lowest BCUT2D eigenvalue weighted by Crippen LogP contribution is -2.09. The number of halogens is 2. The topological polar surface area (TPSA) is 62.7 Å². The van der Waals surface area contributed by atoms with Crippen LogP contribution in [0, 0.1) is 11.3 Å². The first-order valence-electron chi connectivity index (χ1n) is 7.70. The highest BCUT2D eigenvalue weighted by Gasteiger charge is 2.41. The highest BCUT2D eigenvalue weighted by molar-refractivity contribution is 5.87. The minimum Gasteiger partial charge on any atom is -0.334 e. The number of benzene rings is 2. The fourth-order valence-electron chi connectivity index (χ4n) is 3.14. The first-order chi connectivity index (χ1) is 11.5. The molecule has 0 bridgehead atoms. The molecule has 4 rings (SSSR count). The van der Waals surface area contributed by atoms with Crippen molar-refractivity contribution in [1.82, 2.24) is 10.1 Å². The van der Waals surface area contributed by atoms with Gasteiger partial charge in [0.2, 0.25) is 5.92 Å². The molecule has 0 N–H and O–H groups in total. The van der Waals surface area contributed by atoms with E-state index in [1.165, 1.54) is 0 Å². The quantitative estimate of drug-likeness (QED) is 0.687. The van der Waals surface area contributed by atoms with Crippen molar-refractivity contribution in [2.75, 3.05) is 0 Å². The number of hydrogen-bond acceptors (Lipinski definition) is 4. The average molecular weight is 325 g/mol. The SMILES string of the molecule is N#Cc1ccc2cc(-c3nc(C4CCC(F)(F)C4)no3)ccc2c1. The minimum atomic E-state index is -2.63. The first kappa shape index (κ1) is 14.8. The zero-order valence-electron chi connectivity index (χ0n) is 12.7. The van der Waals surface area contributed by atoms with Crippen molar-refractivity contribution in [3.63, 3.8) is 0 Å². The largest absolute Gasteiger partial charge is 0.334 e. The molecule has 0 radical (unpaired) electrons. The van der Waals surface area contributed by atoms with Gasteiger partial charge < -0.3 is 4.52 Å². The predicted octanol–water partition coefficient (Wildman–Crippen LogP) is 4.66. The zero-order chi connectivity index (χ0) is 16.7. The number of rotatable bonds is 2. The summed E-state index contributed by atoms with van der Waals surface area (Å²) in [6.07, 6.45) is 0.0278. The summed E-state index contributed by atoms with van der Waals surface area (Å²) in [5.41, 5.74) is 1.33. The van der Waals surface area contributed by atoms with E-state index in [1.54, 1.807) is 12.1 Å². The summed E-state index contributed by atoms with van der Waals surface area (Å²) in [7, 11) is 0. The summed E-state index contributed by atoms with van der Waals surface area (Å²) < 4.78 is 31.9. The molecule has 1 fully saturated rings. The molecule has 1 aliphatic rings.